The molecule has 0 rings (SSSR count). The van der Waals surface area contributed by atoms with Gasteiger partial charge in [-0.3, -0.25) is 4.79 Å². The van der Waals surface area contributed by atoms with Gasteiger partial charge in [-0.25, -0.2) is 0 Å². The number of unbranched alkanes of at least 4 members (excludes halogenated alkanes) is 1. The Labute approximate surface area is 61.7 Å². The summed E-state index contributed by atoms with van der Waals surface area (Å²) in [6, 6.07) is 0. The normalized spacial score (nSPS) is 9.80. The number of hydrogen-bond acceptors (Lipinski definition) is 3. The van der Waals surface area contributed by atoms with E-state index in [-0.39, 0.29) is 5.78 Å². The number of hydrogen-bond donors (Lipinski definition) is 1. The Hall–Kier alpha value is -0.410. The van der Waals surface area contributed by atoms with E-state index in [2.05, 4.69) is 17.2 Å². The van der Waals surface area contributed by atoms with Crippen LogP contribution in [0.2, 0.25) is 0 Å². The summed E-state index contributed by atoms with van der Waals surface area (Å²) in [5, 5.41) is 0. The lowest BCUT2D eigenvalue weighted by molar-refractivity contribution is -0.120. The number of rotatable bonds is 6. The lowest BCUT2D eigenvalue weighted by Gasteiger charge is -1.98. The predicted octanol–water partition coefficient (Wildman–Crippen LogP) is 0.897. The molecule has 3 heteroatoms. The van der Waals surface area contributed by atoms with Gasteiger partial charge >= 0.3 is 0 Å². The third-order valence-electron chi connectivity index (χ3n) is 1.22. The minimum Gasteiger partial charge on any atom is -0.305 e. The molecule has 0 aromatic rings. The third kappa shape index (κ3) is 5.72. The lowest BCUT2D eigenvalue weighted by atomic mass is 10.2. The summed E-state index contributed by atoms with van der Waals surface area (Å²) in [7, 11) is 1.51. The van der Waals surface area contributed by atoms with Crippen molar-refractivity contribution in [3.05, 3.63) is 0 Å². The standard InChI is InChI=1S/C7H15NO2/c1-3-4-5-7(9)6-8-10-2/h8H,3-6H2,1-2H3. The van der Waals surface area contributed by atoms with Crippen molar-refractivity contribution in [2.24, 2.45) is 0 Å². The number of ketones is 1. The van der Waals surface area contributed by atoms with Gasteiger partial charge in [-0.2, -0.15) is 5.48 Å². The highest BCUT2D eigenvalue weighted by molar-refractivity contribution is 5.80. The molecular formula is C7H15NO2. The van der Waals surface area contributed by atoms with Crippen molar-refractivity contribution in [3.63, 3.8) is 0 Å². The lowest BCUT2D eigenvalue weighted by Crippen LogP contribution is -2.21. The second kappa shape index (κ2) is 6.71. The van der Waals surface area contributed by atoms with E-state index in [9.17, 15) is 4.79 Å². The second-order valence-electron chi connectivity index (χ2n) is 2.17. The Bertz CT molecular complexity index is 83.6. The second-order valence-corrected chi connectivity index (χ2v) is 2.17. The van der Waals surface area contributed by atoms with E-state index < -0.39 is 0 Å². The van der Waals surface area contributed by atoms with Gasteiger partial charge in [-0.1, -0.05) is 13.3 Å². The highest BCUT2D eigenvalue weighted by Crippen LogP contribution is 1.93. The van der Waals surface area contributed by atoms with Crippen LogP contribution in [0.1, 0.15) is 26.2 Å². The Kier molecular flexibility index (Phi) is 6.43. The fourth-order valence-corrected chi connectivity index (χ4v) is 0.615. The van der Waals surface area contributed by atoms with Crippen molar-refractivity contribution in [1.82, 2.24) is 5.48 Å². The van der Waals surface area contributed by atoms with Crippen LogP contribution in [-0.2, 0) is 9.63 Å². The summed E-state index contributed by atoms with van der Waals surface area (Å²) in [4.78, 5) is 15.3. The SMILES string of the molecule is CCCCC(=O)CNOC. The largest absolute Gasteiger partial charge is 0.305 e. The van der Waals surface area contributed by atoms with Crippen molar-refractivity contribution >= 4 is 5.78 Å². The molecule has 60 valence electrons. The van der Waals surface area contributed by atoms with Gasteiger partial charge in [0.25, 0.3) is 0 Å². The molecule has 0 aromatic heterocycles. The highest BCUT2D eigenvalue weighted by atomic mass is 16.6. The number of carbonyl (C=O) groups is 1. The molecule has 0 radical (unpaired) electrons. The minimum atomic E-state index is 0.212. The molecule has 0 saturated carbocycles. The number of Topliss-reactive ketones (excluding diaryl/α,β-unsaturated/α-hetero) is 1. The van der Waals surface area contributed by atoms with E-state index in [4.69, 9.17) is 0 Å². The smallest absolute Gasteiger partial charge is 0.148 e. The van der Waals surface area contributed by atoms with Gasteiger partial charge in [-0.15, -0.1) is 0 Å². The Morgan fingerprint density at radius 2 is 2.30 bits per heavy atom. The van der Waals surface area contributed by atoms with Crippen LogP contribution in [0.3, 0.4) is 0 Å². The molecule has 1 N–H and O–H groups in total. The maximum Gasteiger partial charge on any atom is 0.148 e. The maximum absolute atomic E-state index is 10.8. The molecule has 10 heavy (non-hydrogen) atoms. The van der Waals surface area contributed by atoms with Crippen LogP contribution in [0, 0.1) is 0 Å². The fourth-order valence-electron chi connectivity index (χ4n) is 0.615. The number of hydroxylamine groups is 1. The quantitative estimate of drug-likeness (QED) is 0.564. The van der Waals surface area contributed by atoms with E-state index in [1.807, 2.05) is 0 Å². The molecule has 0 heterocycles. The summed E-state index contributed by atoms with van der Waals surface area (Å²) < 4.78 is 0. The predicted molar refractivity (Wildman–Crippen MR) is 39.5 cm³/mol. The molecule has 0 spiro atoms. The van der Waals surface area contributed by atoms with Crippen molar-refractivity contribution < 1.29 is 9.63 Å². The molecule has 0 unspecified atom stereocenters. The molecule has 0 bridgehead atoms. The Morgan fingerprint density at radius 3 is 2.80 bits per heavy atom. The van der Waals surface area contributed by atoms with E-state index in [0.29, 0.717) is 13.0 Å². The van der Waals surface area contributed by atoms with Gasteiger partial charge in [0.1, 0.15) is 5.78 Å². The van der Waals surface area contributed by atoms with Gasteiger partial charge in [0.2, 0.25) is 0 Å². The van der Waals surface area contributed by atoms with E-state index in [1.54, 1.807) is 0 Å². The summed E-state index contributed by atoms with van der Waals surface area (Å²) >= 11 is 0. The molecule has 0 aliphatic rings. The zero-order chi connectivity index (χ0) is 7.82. The van der Waals surface area contributed by atoms with Gasteiger partial charge in [0, 0.05) is 6.42 Å². The molecule has 0 amide bonds. The van der Waals surface area contributed by atoms with Gasteiger partial charge in [0.15, 0.2) is 0 Å². The van der Waals surface area contributed by atoms with Gasteiger partial charge in [0.05, 0.1) is 13.7 Å². The van der Waals surface area contributed by atoms with E-state index in [0.717, 1.165) is 12.8 Å². The topological polar surface area (TPSA) is 38.3 Å². The average Bonchev–Trinajstić information content (AvgIpc) is 1.97. The molecule has 0 aliphatic heterocycles. The maximum atomic E-state index is 10.8. The van der Waals surface area contributed by atoms with Crippen molar-refractivity contribution in [1.29, 1.82) is 0 Å². The van der Waals surface area contributed by atoms with Crippen LogP contribution in [0.5, 0.6) is 0 Å². The van der Waals surface area contributed by atoms with Crippen molar-refractivity contribution in [3.8, 4) is 0 Å². The molecular weight excluding hydrogens is 130 g/mol. The first-order chi connectivity index (χ1) is 4.81. The monoisotopic (exact) mass is 145 g/mol. The van der Waals surface area contributed by atoms with Crippen LogP contribution in [0.25, 0.3) is 0 Å². The first-order valence-electron chi connectivity index (χ1n) is 3.58. The summed E-state index contributed by atoms with van der Waals surface area (Å²) in [5.74, 6) is 0.212. The number of carbonyl (C=O) groups excluding carboxylic acids is 1. The molecule has 0 saturated heterocycles. The molecule has 0 aliphatic carbocycles. The highest BCUT2D eigenvalue weighted by Gasteiger charge is 1.98. The van der Waals surface area contributed by atoms with Crippen LogP contribution in [0.15, 0.2) is 0 Å². The summed E-state index contributed by atoms with van der Waals surface area (Å²) in [6.45, 7) is 2.40. The summed E-state index contributed by atoms with van der Waals surface area (Å²) in [5.41, 5.74) is 2.51. The van der Waals surface area contributed by atoms with E-state index >= 15 is 0 Å². The fraction of sp³-hybridized carbons (Fsp3) is 0.857. The zero-order valence-electron chi connectivity index (χ0n) is 6.64. The van der Waals surface area contributed by atoms with E-state index in [1.165, 1.54) is 7.11 Å². The number of nitrogens with one attached hydrogen (secondary N) is 1. The van der Waals surface area contributed by atoms with Gasteiger partial charge < -0.3 is 4.84 Å². The molecule has 0 fully saturated rings. The minimum absolute atomic E-state index is 0.212. The first kappa shape index (κ1) is 9.59. The Morgan fingerprint density at radius 1 is 1.60 bits per heavy atom. The van der Waals surface area contributed by atoms with Crippen LogP contribution >= 0.6 is 0 Å². The first-order valence-corrected chi connectivity index (χ1v) is 3.58. The van der Waals surface area contributed by atoms with Crippen LogP contribution in [0.4, 0.5) is 0 Å². The van der Waals surface area contributed by atoms with Gasteiger partial charge in [-0.05, 0) is 6.42 Å². The third-order valence-corrected chi connectivity index (χ3v) is 1.22. The van der Waals surface area contributed by atoms with Crippen LogP contribution in [-0.4, -0.2) is 19.4 Å². The Balaban J connectivity index is 3.09. The molecule has 0 aromatic carbocycles. The average molecular weight is 145 g/mol. The zero-order valence-corrected chi connectivity index (χ0v) is 6.64. The van der Waals surface area contributed by atoms with Crippen LogP contribution < -0.4 is 5.48 Å². The summed E-state index contributed by atoms with van der Waals surface area (Å²) in [6.07, 6.45) is 2.70. The van der Waals surface area contributed by atoms with Crippen molar-refractivity contribution in [2.75, 3.05) is 13.7 Å². The van der Waals surface area contributed by atoms with Crippen molar-refractivity contribution in [2.45, 2.75) is 26.2 Å². The molecule has 3 nitrogen and oxygen atoms in total. The molecule has 0 atom stereocenters.